The van der Waals surface area contributed by atoms with Crippen molar-refractivity contribution in [3.8, 4) is 11.8 Å². The summed E-state index contributed by atoms with van der Waals surface area (Å²) >= 11 is 0. The number of nitrogens with zero attached hydrogens (tertiary/aromatic N) is 1. The van der Waals surface area contributed by atoms with Crippen LogP contribution in [0.3, 0.4) is 0 Å². The molecule has 0 aliphatic carbocycles. The van der Waals surface area contributed by atoms with Gasteiger partial charge in [0.1, 0.15) is 6.04 Å². The van der Waals surface area contributed by atoms with Gasteiger partial charge >= 0.3 is 0 Å². The Balaban J connectivity index is 3.04. The van der Waals surface area contributed by atoms with Gasteiger partial charge in [-0.2, -0.15) is 5.26 Å². The zero-order chi connectivity index (χ0) is 9.84. The molecule has 1 rings (SSSR count). The molecule has 0 fully saturated rings. The fourth-order valence-electron chi connectivity index (χ4n) is 1.01. The van der Waals surface area contributed by atoms with E-state index in [4.69, 9.17) is 10.4 Å². The summed E-state index contributed by atoms with van der Waals surface area (Å²) in [4.78, 5) is 0. The number of halogens is 1. The predicted molar refractivity (Wildman–Crippen MR) is 45.5 cm³/mol. The summed E-state index contributed by atoms with van der Waals surface area (Å²) in [6.45, 7) is 0. The number of hydrogen-bond acceptors (Lipinski definition) is 3. The van der Waals surface area contributed by atoms with E-state index in [1.54, 1.807) is 7.05 Å². The minimum absolute atomic E-state index is 0.406. The van der Waals surface area contributed by atoms with Crippen molar-refractivity contribution in [2.45, 2.75) is 6.04 Å². The highest BCUT2D eigenvalue weighted by Gasteiger charge is 2.09. The van der Waals surface area contributed by atoms with Crippen molar-refractivity contribution in [2.75, 3.05) is 7.05 Å². The van der Waals surface area contributed by atoms with E-state index in [1.165, 1.54) is 12.1 Å². The van der Waals surface area contributed by atoms with E-state index in [0.29, 0.717) is 5.56 Å². The van der Waals surface area contributed by atoms with Crippen LogP contribution in [0.5, 0.6) is 5.75 Å². The number of aromatic hydroxyl groups is 1. The van der Waals surface area contributed by atoms with Gasteiger partial charge in [-0.3, -0.25) is 0 Å². The Morgan fingerprint density at radius 2 is 2.31 bits per heavy atom. The number of nitrogens with one attached hydrogen (secondary N) is 1. The van der Waals surface area contributed by atoms with Crippen LogP contribution in [0, 0.1) is 17.1 Å². The third kappa shape index (κ3) is 1.95. The largest absolute Gasteiger partial charge is 0.505 e. The maximum Gasteiger partial charge on any atom is 0.165 e. The molecule has 0 aliphatic rings. The van der Waals surface area contributed by atoms with Gasteiger partial charge < -0.3 is 10.4 Å². The van der Waals surface area contributed by atoms with E-state index in [2.05, 4.69) is 5.32 Å². The molecule has 1 atom stereocenters. The number of phenols is 1. The molecule has 0 radical (unpaired) electrons. The first-order valence-electron chi connectivity index (χ1n) is 3.74. The van der Waals surface area contributed by atoms with Crippen LogP contribution in [-0.4, -0.2) is 12.2 Å². The molecule has 1 unspecified atom stereocenters. The van der Waals surface area contributed by atoms with E-state index in [9.17, 15) is 4.39 Å². The Morgan fingerprint density at radius 3 is 2.77 bits per heavy atom. The fourth-order valence-corrected chi connectivity index (χ4v) is 1.01. The van der Waals surface area contributed by atoms with Crippen molar-refractivity contribution in [3.05, 3.63) is 29.6 Å². The molecule has 0 aromatic heterocycles. The Bertz CT molecular complexity index is 346. The summed E-state index contributed by atoms with van der Waals surface area (Å²) in [5.41, 5.74) is 0.500. The van der Waals surface area contributed by atoms with Gasteiger partial charge in [0.2, 0.25) is 0 Å². The molecule has 0 saturated heterocycles. The van der Waals surface area contributed by atoms with Crippen LogP contribution in [0.15, 0.2) is 18.2 Å². The highest BCUT2D eigenvalue weighted by atomic mass is 19.1. The summed E-state index contributed by atoms with van der Waals surface area (Å²) in [7, 11) is 1.61. The van der Waals surface area contributed by atoms with Crippen LogP contribution in [0.1, 0.15) is 11.6 Å². The Hall–Kier alpha value is -1.60. The molecule has 0 spiro atoms. The van der Waals surface area contributed by atoms with Gasteiger partial charge in [0.15, 0.2) is 11.6 Å². The first kappa shape index (κ1) is 9.49. The van der Waals surface area contributed by atoms with Crippen LogP contribution in [-0.2, 0) is 0 Å². The molecular formula is C9H9FN2O. The third-order valence-corrected chi connectivity index (χ3v) is 1.72. The highest BCUT2D eigenvalue weighted by Crippen LogP contribution is 2.20. The fraction of sp³-hybridized carbons (Fsp3) is 0.222. The molecular weight excluding hydrogens is 171 g/mol. The molecule has 3 nitrogen and oxygen atoms in total. The normalized spacial score (nSPS) is 12.1. The van der Waals surface area contributed by atoms with E-state index in [1.807, 2.05) is 6.07 Å². The number of rotatable bonds is 2. The molecule has 4 heteroatoms. The second kappa shape index (κ2) is 3.87. The second-order valence-corrected chi connectivity index (χ2v) is 2.56. The lowest BCUT2D eigenvalue weighted by molar-refractivity contribution is 0.431. The van der Waals surface area contributed by atoms with E-state index in [0.717, 1.165) is 6.07 Å². The minimum atomic E-state index is -0.715. The van der Waals surface area contributed by atoms with Gasteiger partial charge in [0, 0.05) is 0 Å². The lowest BCUT2D eigenvalue weighted by atomic mass is 10.1. The lowest BCUT2D eigenvalue weighted by Gasteiger charge is -2.07. The van der Waals surface area contributed by atoms with Gasteiger partial charge in [-0.15, -0.1) is 0 Å². The first-order chi connectivity index (χ1) is 6.19. The van der Waals surface area contributed by atoms with Gasteiger partial charge in [0.05, 0.1) is 6.07 Å². The summed E-state index contributed by atoms with van der Waals surface area (Å²) in [6, 6.07) is 5.28. The summed E-state index contributed by atoms with van der Waals surface area (Å²) in [6.07, 6.45) is 0. The molecule has 0 aliphatic heterocycles. The highest BCUT2D eigenvalue weighted by molar-refractivity contribution is 5.32. The van der Waals surface area contributed by atoms with E-state index < -0.39 is 17.6 Å². The molecule has 13 heavy (non-hydrogen) atoms. The van der Waals surface area contributed by atoms with Crippen LogP contribution in [0.4, 0.5) is 4.39 Å². The smallest absolute Gasteiger partial charge is 0.165 e. The van der Waals surface area contributed by atoms with Gasteiger partial charge in [-0.05, 0) is 24.7 Å². The maximum absolute atomic E-state index is 12.8. The average molecular weight is 180 g/mol. The zero-order valence-corrected chi connectivity index (χ0v) is 7.08. The van der Waals surface area contributed by atoms with Gasteiger partial charge in [-0.25, -0.2) is 4.39 Å². The Labute approximate surface area is 75.4 Å². The quantitative estimate of drug-likeness (QED) is 0.721. The van der Waals surface area contributed by atoms with Crippen LogP contribution in [0.25, 0.3) is 0 Å². The minimum Gasteiger partial charge on any atom is -0.505 e. The molecule has 1 aromatic carbocycles. The SMILES string of the molecule is CNC(C#N)c1ccc(O)c(F)c1. The molecule has 0 heterocycles. The Kier molecular flexibility index (Phi) is 2.83. The molecule has 2 N–H and O–H groups in total. The van der Waals surface area contributed by atoms with Crippen molar-refractivity contribution in [1.29, 1.82) is 5.26 Å². The Morgan fingerprint density at radius 1 is 1.62 bits per heavy atom. The molecule has 0 amide bonds. The van der Waals surface area contributed by atoms with E-state index >= 15 is 0 Å². The number of nitriles is 1. The average Bonchev–Trinajstić information content (AvgIpc) is 2.13. The summed E-state index contributed by atoms with van der Waals surface area (Å²) in [5.74, 6) is -1.12. The zero-order valence-electron chi connectivity index (χ0n) is 7.08. The number of benzene rings is 1. The summed E-state index contributed by atoms with van der Waals surface area (Å²) < 4.78 is 12.8. The molecule has 1 aromatic rings. The van der Waals surface area contributed by atoms with Crippen molar-refractivity contribution in [2.24, 2.45) is 0 Å². The lowest BCUT2D eigenvalue weighted by Crippen LogP contribution is -2.14. The first-order valence-corrected chi connectivity index (χ1v) is 3.74. The molecule has 68 valence electrons. The van der Waals surface area contributed by atoms with Gasteiger partial charge in [0.25, 0.3) is 0 Å². The maximum atomic E-state index is 12.8. The monoisotopic (exact) mass is 180 g/mol. The molecule has 0 bridgehead atoms. The van der Waals surface area contributed by atoms with Crippen LogP contribution >= 0.6 is 0 Å². The van der Waals surface area contributed by atoms with Crippen LogP contribution < -0.4 is 5.32 Å². The van der Waals surface area contributed by atoms with Crippen molar-refractivity contribution in [3.63, 3.8) is 0 Å². The third-order valence-electron chi connectivity index (χ3n) is 1.72. The van der Waals surface area contributed by atoms with Crippen molar-refractivity contribution >= 4 is 0 Å². The van der Waals surface area contributed by atoms with Crippen molar-refractivity contribution in [1.82, 2.24) is 5.32 Å². The van der Waals surface area contributed by atoms with Gasteiger partial charge in [-0.1, -0.05) is 6.07 Å². The number of phenolic OH excluding ortho intramolecular Hbond substituents is 1. The predicted octanol–water partition coefficient (Wildman–Crippen LogP) is 1.32. The van der Waals surface area contributed by atoms with Crippen LogP contribution in [0.2, 0.25) is 0 Å². The topological polar surface area (TPSA) is 56.0 Å². The van der Waals surface area contributed by atoms with E-state index in [-0.39, 0.29) is 0 Å². The number of hydrogen-bond donors (Lipinski definition) is 2. The standard InChI is InChI=1S/C9H9FN2O/c1-12-8(5-11)6-2-3-9(13)7(10)4-6/h2-4,8,12-13H,1H3. The second-order valence-electron chi connectivity index (χ2n) is 2.56. The van der Waals surface area contributed by atoms with Crippen molar-refractivity contribution < 1.29 is 9.50 Å². The summed E-state index contributed by atoms with van der Waals surface area (Å²) in [5, 5.41) is 20.2. The molecule has 0 saturated carbocycles.